The molecule has 0 aromatic heterocycles. The second-order valence-electron chi connectivity index (χ2n) is 6.42. The first-order valence-electron chi connectivity index (χ1n) is 8.10. The zero-order valence-electron chi connectivity index (χ0n) is 14.7. The van der Waals surface area contributed by atoms with Gasteiger partial charge in [-0.2, -0.15) is 0 Å². The van der Waals surface area contributed by atoms with Crippen LogP contribution in [0.15, 0.2) is 18.2 Å². The number of methoxy groups -OCH3 is 1. The summed E-state index contributed by atoms with van der Waals surface area (Å²) in [7, 11) is 1.48. The number of likely N-dealkylation sites (tertiary alicyclic amines) is 1. The minimum Gasteiger partial charge on any atom is -0.383 e. The monoisotopic (exact) mass is 377 g/mol. The molecule has 3 N–H and O–H groups in total. The standard InChI is InChI=1S/C17H25F2N3O2.ClH/c1-10(2)22-7-6-15(21-17(23)14(20)9-24-3)16(22)11-4-5-12(18)13(19)8-11;/h4-5,8,10,14-16H,6-7,9,20H2,1-3H3,(H,21,23);1H. The van der Waals surface area contributed by atoms with E-state index in [-0.39, 0.29) is 43.0 Å². The van der Waals surface area contributed by atoms with Gasteiger partial charge in [0.1, 0.15) is 6.04 Å². The van der Waals surface area contributed by atoms with Gasteiger partial charge in [-0.3, -0.25) is 9.69 Å². The predicted molar refractivity (Wildman–Crippen MR) is 94.6 cm³/mol. The Bertz CT molecular complexity index is 589. The zero-order chi connectivity index (χ0) is 17.9. The van der Waals surface area contributed by atoms with Crippen LogP contribution in [0.1, 0.15) is 31.9 Å². The lowest BCUT2D eigenvalue weighted by molar-refractivity contribution is -0.124. The number of nitrogens with one attached hydrogen (secondary N) is 1. The largest absolute Gasteiger partial charge is 0.383 e. The van der Waals surface area contributed by atoms with Gasteiger partial charge in [-0.1, -0.05) is 6.07 Å². The highest BCUT2D eigenvalue weighted by Gasteiger charge is 2.38. The second-order valence-corrected chi connectivity index (χ2v) is 6.42. The van der Waals surface area contributed by atoms with E-state index in [0.29, 0.717) is 12.0 Å². The summed E-state index contributed by atoms with van der Waals surface area (Å²) in [6.07, 6.45) is 0.716. The highest BCUT2D eigenvalue weighted by Crippen LogP contribution is 2.34. The van der Waals surface area contributed by atoms with Crippen molar-refractivity contribution in [2.75, 3.05) is 20.3 Å². The fourth-order valence-electron chi connectivity index (χ4n) is 3.21. The van der Waals surface area contributed by atoms with Crippen LogP contribution in [-0.4, -0.2) is 49.2 Å². The number of hydrogen-bond acceptors (Lipinski definition) is 4. The van der Waals surface area contributed by atoms with Crippen molar-refractivity contribution in [3.8, 4) is 0 Å². The molecule has 1 amide bonds. The second kappa shape index (κ2) is 9.43. The lowest BCUT2D eigenvalue weighted by Gasteiger charge is -2.32. The number of hydrogen-bond donors (Lipinski definition) is 2. The molecule has 1 fully saturated rings. The van der Waals surface area contributed by atoms with Crippen LogP contribution >= 0.6 is 12.4 Å². The molecule has 5 nitrogen and oxygen atoms in total. The highest BCUT2D eigenvalue weighted by molar-refractivity contribution is 5.85. The molecule has 8 heteroatoms. The molecule has 0 spiro atoms. The summed E-state index contributed by atoms with van der Waals surface area (Å²) in [6.45, 7) is 4.95. The molecule has 0 aliphatic carbocycles. The first-order chi connectivity index (χ1) is 11.3. The van der Waals surface area contributed by atoms with E-state index in [0.717, 1.165) is 12.6 Å². The number of nitrogens with two attached hydrogens (primary N) is 1. The molecule has 25 heavy (non-hydrogen) atoms. The van der Waals surface area contributed by atoms with Crippen molar-refractivity contribution in [2.45, 2.75) is 44.4 Å². The van der Waals surface area contributed by atoms with Crippen molar-refractivity contribution in [3.05, 3.63) is 35.4 Å². The van der Waals surface area contributed by atoms with E-state index in [2.05, 4.69) is 10.2 Å². The summed E-state index contributed by atoms with van der Waals surface area (Å²) in [5, 5.41) is 2.93. The van der Waals surface area contributed by atoms with E-state index >= 15 is 0 Å². The molecular weight excluding hydrogens is 352 g/mol. The zero-order valence-corrected chi connectivity index (χ0v) is 15.5. The molecule has 1 aromatic carbocycles. The van der Waals surface area contributed by atoms with Gasteiger partial charge in [-0.05, 0) is 38.0 Å². The summed E-state index contributed by atoms with van der Waals surface area (Å²) in [4.78, 5) is 14.4. The predicted octanol–water partition coefficient (Wildman–Crippen LogP) is 2.00. The van der Waals surface area contributed by atoms with E-state index in [1.165, 1.54) is 13.2 Å². The molecule has 3 unspecified atom stereocenters. The number of rotatable bonds is 6. The van der Waals surface area contributed by atoms with Crippen molar-refractivity contribution in [1.29, 1.82) is 0 Å². The highest BCUT2D eigenvalue weighted by atomic mass is 35.5. The van der Waals surface area contributed by atoms with Gasteiger partial charge >= 0.3 is 0 Å². The van der Waals surface area contributed by atoms with Crippen LogP contribution in [0, 0.1) is 11.6 Å². The maximum atomic E-state index is 13.7. The number of ether oxygens (including phenoxy) is 1. The van der Waals surface area contributed by atoms with Crippen molar-refractivity contribution in [2.24, 2.45) is 5.73 Å². The van der Waals surface area contributed by atoms with Crippen molar-refractivity contribution in [3.63, 3.8) is 0 Å². The SMILES string of the molecule is COCC(N)C(=O)NC1CCN(C(C)C)C1c1ccc(F)c(F)c1.Cl. The van der Waals surface area contributed by atoms with E-state index in [9.17, 15) is 13.6 Å². The van der Waals surface area contributed by atoms with Crippen LogP contribution in [0.2, 0.25) is 0 Å². The Morgan fingerprint density at radius 2 is 2.08 bits per heavy atom. The molecule has 1 aromatic rings. The fourth-order valence-corrected chi connectivity index (χ4v) is 3.21. The van der Waals surface area contributed by atoms with Crippen molar-refractivity contribution < 1.29 is 18.3 Å². The third kappa shape index (κ3) is 5.10. The van der Waals surface area contributed by atoms with Gasteiger partial charge in [-0.25, -0.2) is 8.78 Å². The summed E-state index contributed by atoms with van der Waals surface area (Å²) in [5.41, 5.74) is 6.41. The molecule has 2 rings (SSSR count). The first kappa shape index (κ1) is 21.8. The van der Waals surface area contributed by atoms with Gasteiger partial charge in [0.15, 0.2) is 11.6 Å². The van der Waals surface area contributed by atoms with Gasteiger partial charge in [0.05, 0.1) is 12.6 Å². The van der Waals surface area contributed by atoms with Crippen LogP contribution in [0.4, 0.5) is 8.78 Å². The number of nitrogens with zero attached hydrogens (tertiary/aromatic N) is 1. The molecule has 0 radical (unpaired) electrons. The van der Waals surface area contributed by atoms with Gasteiger partial charge in [-0.15, -0.1) is 12.4 Å². The minimum absolute atomic E-state index is 0. The molecule has 1 aliphatic rings. The number of amides is 1. The maximum Gasteiger partial charge on any atom is 0.239 e. The van der Waals surface area contributed by atoms with Gasteiger partial charge in [0.25, 0.3) is 0 Å². The van der Waals surface area contributed by atoms with Crippen LogP contribution in [0.5, 0.6) is 0 Å². The number of benzene rings is 1. The minimum atomic E-state index is -0.885. The third-order valence-electron chi connectivity index (χ3n) is 4.40. The quantitative estimate of drug-likeness (QED) is 0.795. The van der Waals surface area contributed by atoms with E-state index in [4.69, 9.17) is 10.5 Å². The van der Waals surface area contributed by atoms with Crippen LogP contribution in [0.25, 0.3) is 0 Å². The maximum absolute atomic E-state index is 13.7. The number of halogens is 3. The van der Waals surface area contributed by atoms with Crippen molar-refractivity contribution in [1.82, 2.24) is 10.2 Å². The molecule has 1 saturated heterocycles. The molecule has 0 bridgehead atoms. The van der Waals surface area contributed by atoms with Crippen molar-refractivity contribution >= 4 is 18.3 Å². The van der Waals surface area contributed by atoms with Crippen LogP contribution in [0.3, 0.4) is 0 Å². The normalized spacial score (nSPS) is 21.9. The Morgan fingerprint density at radius 1 is 1.40 bits per heavy atom. The topological polar surface area (TPSA) is 67.6 Å². The van der Waals surface area contributed by atoms with Gasteiger partial charge < -0.3 is 15.8 Å². The van der Waals surface area contributed by atoms with Gasteiger partial charge in [0, 0.05) is 25.7 Å². The van der Waals surface area contributed by atoms with E-state index in [1.807, 2.05) is 13.8 Å². The van der Waals surface area contributed by atoms with Crippen LogP contribution < -0.4 is 11.1 Å². The summed E-state index contributed by atoms with van der Waals surface area (Å²) < 4.78 is 31.8. The first-order valence-corrected chi connectivity index (χ1v) is 8.10. The van der Waals surface area contributed by atoms with E-state index in [1.54, 1.807) is 6.07 Å². The van der Waals surface area contributed by atoms with Crippen LogP contribution in [-0.2, 0) is 9.53 Å². The average Bonchev–Trinajstić information content (AvgIpc) is 2.94. The summed E-state index contributed by atoms with van der Waals surface area (Å²) >= 11 is 0. The van der Waals surface area contributed by atoms with E-state index < -0.39 is 17.7 Å². The molecular formula is C17H26ClF2N3O2. The fraction of sp³-hybridized carbons (Fsp3) is 0.588. The summed E-state index contributed by atoms with van der Waals surface area (Å²) in [5.74, 6) is -2.07. The average molecular weight is 378 g/mol. The third-order valence-corrected chi connectivity index (χ3v) is 4.40. The molecule has 1 aliphatic heterocycles. The molecule has 1 heterocycles. The number of carbonyl (C=O) groups excluding carboxylic acids is 1. The Labute approximate surface area is 153 Å². The molecule has 3 atom stereocenters. The Balaban J connectivity index is 0.00000312. The lowest BCUT2D eigenvalue weighted by Crippen LogP contribution is -2.49. The lowest BCUT2D eigenvalue weighted by atomic mass is 9.98. The molecule has 142 valence electrons. The Hall–Kier alpha value is -1.28. The molecule has 0 saturated carbocycles. The summed E-state index contributed by atoms with van der Waals surface area (Å²) in [6, 6.07) is 2.90. The smallest absolute Gasteiger partial charge is 0.239 e. The number of carbonyl (C=O) groups is 1. The Kier molecular flexibility index (Phi) is 8.21. The van der Waals surface area contributed by atoms with Gasteiger partial charge in [0.2, 0.25) is 5.91 Å². The Morgan fingerprint density at radius 3 is 2.64 bits per heavy atom.